The van der Waals surface area contributed by atoms with E-state index in [0.717, 1.165) is 12.8 Å². The normalized spacial score (nSPS) is 14.3. The van der Waals surface area contributed by atoms with Crippen molar-refractivity contribution < 1.29 is 20.4 Å². The quantitative estimate of drug-likeness (QED) is 0.361. The van der Waals surface area contributed by atoms with Gasteiger partial charge < -0.3 is 20.4 Å². The largest absolute Gasteiger partial charge is 0.396 e. The fraction of sp³-hybridized carbons (Fsp3) is 0.765. The molecule has 0 radical (unpaired) electrons. The maximum absolute atomic E-state index is 9.77. The van der Waals surface area contributed by atoms with Gasteiger partial charge in [0.15, 0.2) is 0 Å². The highest BCUT2D eigenvalue weighted by atomic mass is 16.3. The van der Waals surface area contributed by atoms with E-state index in [9.17, 15) is 15.3 Å². The molecule has 0 aromatic heterocycles. The molecule has 0 aliphatic rings. The van der Waals surface area contributed by atoms with Gasteiger partial charge in [-0.15, -0.1) is 0 Å². The summed E-state index contributed by atoms with van der Waals surface area (Å²) >= 11 is 0. The summed E-state index contributed by atoms with van der Waals surface area (Å²) in [6.45, 7) is 2.04. The van der Waals surface area contributed by atoms with Gasteiger partial charge in [0.05, 0.1) is 12.2 Å². The average molecular weight is 296 g/mol. The minimum Gasteiger partial charge on any atom is -0.396 e. The first-order valence-corrected chi connectivity index (χ1v) is 7.75. The lowest BCUT2D eigenvalue weighted by atomic mass is 10.0. The molecule has 120 valence electrons. The van der Waals surface area contributed by atoms with Crippen LogP contribution in [-0.2, 0) is 0 Å². The minimum atomic E-state index is -0.872. The summed E-state index contributed by atoms with van der Waals surface area (Å²) < 4.78 is 0. The smallest absolute Gasteiger partial charge is 0.117 e. The zero-order valence-corrected chi connectivity index (χ0v) is 12.9. The zero-order valence-electron chi connectivity index (χ0n) is 12.9. The SMILES string of the molecule is CCCCCCCC(O)C(O)CC#CC#CC(O)CCO. The summed E-state index contributed by atoms with van der Waals surface area (Å²) in [6.07, 6.45) is 4.06. The van der Waals surface area contributed by atoms with Crippen molar-refractivity contribution >= 4 is 0 Å². The highest BCUT2D eigenvalue weighted by Crippen LogP contribution is 2.10. The molecule has 0 aromatic rings. The Morgan fingerprint density at radius 1 is 0.857 bits per heavy atom. The van der Waals surface area contributed by atoms with Gasteiger partial charge in [0.1, 0.15) is 6.10 Å². The third-order valence-electron chi connectivity index (χ3n) is 3.15. The van der Waals surface area contributed by atoms with Gasteiger partial charge in [-0.2, -0.15) is 0 Å². The molecular weight excluding hydrogens is 268 g/mol. The Hall–Kier alpha value is -1.04. The van der Waals surface area contributed by atoms with Crippen molar-refractivity contribution in [2.45, 2.75) is 76.6 Å². The molecule has 21 heavy (non-hydrogen) atoms. The topological polar surface area (TPSA) is 80.9 Å². The van der Waals surface area contributed by atoms with Crippen LogP contribution in [0.3, 0.4) is 0 Å². The Balaban J connectivity index is 3.84. The van der Waals surface area contributed by atoms with Gasteiger partial charge in [0, 0.05) is 19.4 Å². The van der Waals surface area contributed by atoms with Gasteiger partial charge in [-0.25, -0.2) is 0 Å². The molecule has 4 nitrogen and oxygen atoms in total. The van der Waals surface area contributed by atoms with E-state index >= 15 is 0 Å². The maximum atomic E-state index is 9.77. The zero-order chi connectivity index (χ0) is 15.9. The average Bonchev–Trinajstić information content (AvgIpc) is 2.46. The second-order valence-corrected chi connectivity index (χ2v) is 5.14. The lowest BCUT2D eigenvalue weighted by molar-refractivity contribution is 0.0165. The van der Waals surface area contributed by atoms with Gasteiger partial charge in [-0.05, 0) is 18.3 Å². The Morgan fingerprint density at radius 3 is 2.24 bits per heavy atom. The fourth-order valence-corrected chi connectivity index (χ4v) is 1.80. The molecule has 0 saturated carbocycles. The molecule has 0 saturated heterocycles. The second kappa shape index (κ2) is 13.9. The molecule has 0 aliphatic carbocycles. The molecule has 0 amide bonds. The minimum absolute atomic E-state index is 0.119. The summed E-state index contributed by atoms with van der Waals surface area (Å²) in [5.41, 5.74) is 0. The molecular formula is C17H28O4. The van der Waals surface area contributed by atoms with E-state index in [4.69, 9.17) is 5.11 Å². The molecule has 0 aromatic carbocycles. The molecule has 0 heterocycles. The Labute approximate surface area is 128 Å². The molecule has 4 heteroatoms. The number of aliphatic hydroxyl groups excluding tert-OH is 4. The summed E-state index contributed by atoms with van der Waals surface area (Å²) in [6, 6.07) is 0. The number of rotatable bonds is 10. The summed E-state index contributed by atoms with van der Waals surface area (Å²) in [5.74, 6) is 10.1. The van der Waals surface area contributed by atoms with Crippen LogP contribution < -0.4 is 0 Å². The van der Waals surface area contributed by atoms with E-state index in [1.54, 1.807) is 0 Å². The third kappa shape index (κ3) is 12.4. The van der Waals surface area contributed by atoms with Crippen LogP contribution in [0.5, 0.6) is 0 Å². The van der Waals surface area contributed by atoms with E-state index in [0.29, 0.717) is 6.42 Å². The van der Waals surface area contributed by atoms with Crippen LogP contribution in [0.2, 0.25) is 0 Å². The van der Waals surface area contributed by atoms with Crippen molar-refractivity contribution in [3.8, 4) is 23.7 Å². The van der Waals surface area contributed by atoms with Crippen LogP contribution in [0.25, 0.3) is 0 Å². The van der Waals surface area contributed by atoms with Gasteiger partial charge in [-0.1, -0.05) is 50.9 Å². The number of hydrogen-bond donors (Lipinski definition) is 4. The number of hydrogen-bond acceptors (Lipinski definition) is 4. The monoisotopic (exact) mass is 296 g/mol. The molecule has 0 fully saturated rings. The van der Waals surface area contributed by atoms with Gasteiger partial charge in [0.25, 0.3) is 0 Å². The highest BCUT2D eigenvalue weighted by Gasteiger charge is 2.14. The molecule has 0 aliphatic heterocycles. The van der Waals surface area contributed by atoms with Crippen molar-refractivity contribution in [3.63, 3.8) is 0 Å². The van der Waals surface area contributed by atoms with E-state index in [1.807, 2.05) is 0 Å². The van der Waals surface area contributed by atoms with E-state index in [1.165, 1.54) is 19.3 Å². The Kier molecular flexibility index (Phi) is 13.2. The van der Waals surface area contributed by atoms with Crippen LogP contribution in [-0.4, -0.2) is 45.3 Å². The lowest BCUT2D eigenvalue weighted by Gasteiger charge is -2.15. The van der Waals surface area contributed by atoms with Crippen LogP contribution in [0.1, 0.15) is 58.3 Å². The van der Waals surface area contributed by atoms with E-state index in [2.05, 4.69) is 30.6 Å². The standard InChI is InChI=1S/C17H28O4/c1-2-3-4-5-8-11-16(20)17(21)12-9-6-7-10-15(19)13-14-18/h15-21H,2-5,8,11-14H2,1H3. The first-order chi connectivity index (χ1) is 10.1. The van der Waals surface area contributed by atoms with Crippen molar-refractivity contribution in [2.75, 3.05) is 6.61 Å². The van der Waals surface area contributed by atoms with Crippen LogP contribution in [0, 0.1) is 23.7 Å². The van der Waals surface area contributed by atoms with Crippen LogP contribution in [0.15, 0.2) is 0 Å². The Bertz CT molecular complexity index is 358. The van der Waals surface area contributed by atoms with Crippen molar-refractivity contribution in [1.82, 2.24) is 0 Å². The highest BCUT2D eigenvalue weighted by molar-refractivity contribution is 5.27. The van der Waals surface area contributed by atoms with Crippen LogP contribution >= 0.6 is 0 Å². The van der Waals surface area contributed by atoms with Gasteiger partial charge in [0.2, 0.25) is 0 Å². The maximum Gasteiger partial charge on any atom is 0.117 e. The predicted molar refractivity (Wildman–Crippen MR) is 83.3 cm³/mol. The van der Waals surface area contributed by atoms with Gasteiger partial charge >= 0.3 is 0 Å². The third-order valence-corrected chi connectivity index (χ3v) is 3.15. The molecule has 4 N–H and O–H groups in total. The van der Waals surface area contributed by atoms with E-state index < -0.39 is 18.3 Å². The van der Waals surface area contributed by atoms with Gasteiger partial charge in [-0.3, -0.25) is 0 Å². The Morgan fingerprint density at radius 2 is 1.57 bits per heavy atom. The lowest BCUT2D eigenvalue weighted by Crippen LogP contribution is -2.25. The fourth-order valence-electron chi connectivity index (χ4n) is 1.80. The molecule has 0 spiro atoms. The first-order valence-electron chi connectivity index (χ1n) is 7.75. The number of aliphatic hydroxyl groups is 4. The van der Waals surface area contributed by atoms with Crippen molar-refractivity contribution in [1.29, 1.82) is 0 Å². The molecule has 3 unspecified atom stereocenters. The summed E-state index contributed by atoms with van der Waals surface area (Å²) in [7, 11) is 0. The summed E-state index contributed by atoms with van der Waals surface area (Å²) in [5, 5.41) is 37.3. The summed E-state index contributed by atoms with van der Waals surface area (Å²) in [4.78, 5) is 0. The van der Waals surface area contributed by atoms with Crippen molar-refractivity contribution in [2.24, 2.45) is 0 Å². The van der Waals surface area contributed by atoms with E-state index in [-0.39, 0.29) is 19.4 Å². The molecule has 0 rings (SSSR count). The molecule has 3 atom stereocenters. The number of unbranched alkanes of at least 4 members (excludes halogenated alkanes) is 4. The van der Waals surface area contributed by atoms with Crippen LogP contribution in [0.4, 0.5) is 0 Å². The second-order valence-electron chi connectivity index (χ2n) is 5.14. The predicted octanol–water partition coefficient (Wildman–Crippen LogP) is 1.21. The molecule has 0 bridgehead atoms. The van der Waals surface area contributed by atoms with Crippen molar-refractivity contribution in [3.05, 3.63) is 0 Å². The first kappa shape index (κ1) is 20.0.